The molecule has 0 N–H and O–H groups in total. The van der Waals surface area contributed by atoms with Gasteiger partial charge in [0.25, 0.3) is 11.8 Å². The van der Waals surface area contributed by atoms with Gasteiger partial charge in [-0.2, -0.15) is 0 Å². The van der Waals surface area contributed by atoms with Crippen molar-refractivity contribution in [1.29, 1.82) is 0 Å². The van der Waals surface area contributed by atoms with E-state index in [9.17, 15) is 9.18 Å². The molecule has 24 heavy (non-hydrogen) atoms. The number of rotatable bonds is 3. The zero-order chi connectivity index (χ0) is 16.5. The molecule has 126 valence electrons. The van der Waals surface area contributed by atoms with Crippen molar-refractivity contribution < 1.29 is 18.7 Å². The molecule has 2 aromatic heterocycles. The second kappa shape index (κ2) is 6.49. The van der Waals surface area contributed by atoms with Gasteiger partial charge in [0.2, 0.25) is 0 Å². The number of nitrogens with zero attached hydrogens (tertiary/aromatic N) is 2. The van der Waals surface area contributed by atoms with Crippen molar-refractivity contribution in [2.45, 2.75) is 31.1 Å². The number of hydrogen-bond acceptors (Lipinski definition) is 5. The predicted octanol–water partition coefficient (Wildman–Crippen LogP) is 2.73. The van der Waals surface area contributed by atoms with Gasteiger partial charge in [0, 0.05) is 12.7 Å². The van der Waals surface area contributed by atoms with Crippen molar-refractivity contribution in [3.05, 3.63) is 46.5 Å². The molecule has 1 saturated carbocycles. The summed E-state index contributed by atoms with van der Waals surface area (Å²) >= 11 is 1.44. The fourth-order valence-corrected chi connectivity index (χ4v) is 4.12. The molecule has 1 aliphatic carbocycles. The van der Waals surface area contributed by atoms with Crippen LogP contribution in [0.5, 0.6) is 5.88 Å². The molecule has 3 heterocycles. The summed E-state index contributed by atoms with van der Waals surface area (Å²) in [7, 11) is 0. The Morgan fingerprint density at radius 3 is 3.08 bits per heavy atom. The summed E-state index contributed by atoms with van der Waals surface area (Å²) in [5.74, 6) is -0.454. The number of pyridine rings is 1. The number of thiophene rings is 1. The third-order valence-corrected chi connectivity index (χ3v) is 5.37. The SMILES string of the molecule is O=C(c1cccs1)N1CCO[C@H]2[C@@H](Oc3ncccc3F)CC[C@@H]21. The predicted molar refractivity (Wildman–Crippen MR) is 86.7 cm³/mol. The van der Waals surface area contributed by atoms with E-state index in [-0.39, 0.29) is 30.0 Å². The highest BCUT2D eigenvalue weighted by molar-refractivity contribution is 7.12. The third kappa shape index (κ3) is 2.78. The Balaban J connectivity index is 1.50. The Hall–Kier alpha value is -1.99. The molecule has 1 saturated heterocycles. The first-order valence-electron chi connectivity index (χ1n) is 7.97. The zero-order valence-corrected chi connectivity index (χ0v) is 13.7. The Morgan fingerprint density at radius 1 is 1.38 bits per heavy atom. The molecule has 0 bridgehead atoms. The molecule has 3 atom stereocenters. The minimum absolute atomic E-state index is 0.00606. The Kier molecular flexibility index (Phi) is 4.20. The number of morpholine rings is 1. The maximum atomic E-state index is 13.8. The number of ether oxygens (including phenoxy) is 2. The van der Waals surface area contributed by atoms with Gasteiger partial charge in [-0.15, -0.1) is 11.3 Å². The monoisotopic (exact) mass is 348 g/mol. The molecule has 0 aromatic carbocycles. The highest BCUT2D eigenvalue weighted by Gasteiger charge is 2.46. The van der Waals surface area contributed by atoms with E-state index in [4.69, 9.17) is 9.47 Å². The van der Waals surface area contributed by atoms with Gasteiger partial charge in [-0.25, -0.2) is 9.37 Å². The molecule has 0 unspecified atom stereocenters. The van der Waals surface area contributed by atoms with Crippen molar-refractivity contribution in [2.75, 3.05) is 13.2 Å². The number of carbonyl (C=O) groups is 1. The van der Waals surface area contributed by atoms with E-state index in [0.717, 1.165) is 11.3 Å². The maximum Gasteiger partial charge on any atom is 0.264 e. The van der Waals surface area contributed by atoms with Gasteiger partial charge in [0.05, 0.1) is 17.5 Å². The fraction of sp³-hybridized carbons (Fsp3) is 0.412. The van der Waals surface area contributed by atoms with Crippen LogP contribution >= 0.6 is 11.3 Å². The molecular formula is C17H17FN2O3S. The first-order chi connectivity index (χ1) is 11.7. The molecule has 1 aliphatic heterocycles. The topological polar surface area (TPSA) is 51.7 Å². The maximum absolute atomic E-state index is 13.8. The van der Waals surface area contributed by atoms with Crippen LogP contribution in [-0.2, 0) is 4.74 Å². The summed E-state index contributed by atoms with van der Waals surface area (Å²) in [6.45, 7) is 1.03. The molecule has 2 aromatic rings. The van der Waals surface area contributed by atoms with Crippen LogP contribution < -0.4 is 4.74 Å². The summed E-state index contributed by atoms with van der Waals surface area (Å²) in [5.41, 5.74) is 0. The van der Waals surface area contributed by atoms with E-state index in [0.29, 0.717) is 19.6 Å². The lowest BCUT2D eigenvalue weighted by Gasteiger charge is -2.38. The highest BCUT2D eigenvalue weighted by Crippen LogP contribution is 2.34. The van der Waals surface area contributed by atoms with E-state index in [1.807, 2.05) is 22.4 Å². The average Bonchev–Trinajstić information content (AvgIpc) is 3.26. The normalized spacial score (nSPS) is 26.2. The second-order valence-electron chi connectivity index (χ2n) is 5.90. The van der Waals surface area contributed by atoms with Crippen molar-refractivity contribution in [1.82, 2.24) is 9.88 Å². The van der Waals surface area contributed by atoms with Crippen LogP contribution in [0.1, 0.15) is 22.5 Å². The van der Waals surface area contributed by atoms with E-state index in [2.05, 4.69) is 4.98 Å². The molecule has 2 fully saturated rings. The lowest BCUT2D eigenvalue weighted by molar-refractivity contribution is -0.0797. The van der Waals surface area contributed by atoms with Crippen molar-refractivity contribution >= 4 is 17.2 Å². The van der Waals surface area contributed by atoms with E-state index >= 15 is 0 Å². The number of fused-ring (bicyclic) bond motifs is 1. The van der Waals surface area contributed by atoms with E-state index in [1.54, 1.807) is 0 Å². The number of aromatic nitrogens is 1. The van der Waals surface area contributed by atoms with Gasteiger partial charge in [0.1, 0.15) is 12.2 Å². The zero-order valence-electron chi connectivity index (χ0n) is 12.9. The van der Waals surface area contributed by atoms with Crippen LogP contribution in [0, 0.1) is 5.82 Å². The van der Waals surface area contributed by atoms with Crippen molar-refractivity contribution in [3.8, 4) is 5.88 Å². The summed E-state index contributed by atoms with van der Waals surface area (Å²) < 4.78 is 25.4. The first kappa shape index (κ1) is 15.5. The third-order valence-electron chi connectivity index (χ3n) is 4.52. The van der Waals surface area contributed by atoms with Gasteiger partial charge >= 0.3 is 0 Å². The lowest BCUT2D eigenvalue weighted by Crippen LogP contribution is -2.54. The summed E-state index contributed by atoms with van der Waals surface area (Å²) in [5, 5.41) is 1.90. The molecule has 5 nitrogen and oxygen atoms in total. The Morgan fingerprint density at radius 2 is 2.29 bits per heavy atom. The number of halogens is 1. The van der Waals surface area contributed by atoms with Crippen LogP contribution in [-0.4, -0.2) is 47.2 Å². The highest BCUT2D eigenvalue weighted by atomic mass is 32.1. The lowest BCUT2D eigenvalue weighted by atomic mass is 10.1. The molecule has 7 heteroatoms. The standard InChI is InChI=1S/C17H17FN2O3S/c18-11-3-1-7-19-16(11)23-13-6-5-12-15(13)22-9-8-20(12)17(21)14-4-2-10-24-14/h1-4,7,10,12-13,15H,5-6,8-9H2/t12-,13-,15+/m0/s1. The van der Waals surface area contributed by atoms with Crippen molar-refractivity contribution in [2.24, 2.45) is 0 Å². The fourth-order valence-electron chi connectivity index (χ4n) is 3.44. The molecule has 0 radical (unpaired) electrons. The summed E-state index contributed by atoms with van der Waals surface area (Å²) in [4.78, 5) is 19.2. The molecular weight excluding hydrogens is 331 g/mol. The summed E-state index contributed by atoms with van der Waals surface area (Å²) in [6.07, 6.45) is 2.45. The molecule has 4 rings (SSSR count). The molecule has 1 amide bonds. The largest absolute Gasteiger partial charge is 0.469 e. The van der Waals surface area contributed by atoms with Gasteiger partial charge in [-0.1, -0.05) is 6.07 Å². The first-order valence-corrected chi connectivity index (χ1v) is 8.85. The second-order valence-corrected chi connectivity index (χ2v) is 6.85. The van der Waals surface area contributed by atoms with Crippen LogP contribution in [0.2, 0.25) is 0 Å². The average molecular weight is 348 g/mol. The van der Waals surface area contributed by atoms with Gasteiger partial charge < -0.3 is 14.4 Å². The molecule has 0 spiro atoms. The number of hydrogen-bond donors (Lipinski definition) is 0. The molecule has 2 aliphatic rings. The van der Waals surface area contributed by atoms with Crippen LogP contribution in [0.15, 0.2) is 35.8 Å². The quantitative estimate of drug-likeness (QED) is 0.856. The van der Waals surface area contributed by atoms with Gasteiger partial charge in [0.15, 0.2) is 5.82 Å². The summed E-state index contributed by atoms with van der Waals surface area (Å²) in [6, 6.07) is 6.52. The van der Waals surface area contributed by atoms with Crippen LogP contribution in [0.25, 0.3) is 0 Å². The minimum Gasteiger partial charge on any atom is -0.469 e. The Bertz CT molecular complexity index is 724. The van der Waals surface area contributed by atoms with Crippen LogP contribution in [0.4, 0.5) is 4.39 Å². The van der Waals surface area contributed by atoms with E-state index < -0.39 is 5.82 Å². The van der Waals surface area contributed by atoms with Crippen molar-refractivity contribution in [3.63, 3.8) is 0 Å². The van der Waals surface area contributed by atoms with Gasteiger partial charge in [-0.05, 0) is 36.4 Å². The van der Waals surface area contributed by atoms with Gasteiger partial charge in [-0.3, -0.25) is 4.79 Å². The minimum atomic E-state index is -0.483. The van der Waals surface area contributed by atoms with E-state index in [1.165, 1.54) is 29.7 Å². The number of carbonyl (C=O) groups excluding carboxylic acids is 1. The Labute approximate surface area is 143 Å². The smallest absolute Gasteiger partial charge is 0.264 e. The van der Waals surface area contributed by atoms with Crippen LogP contribution in [0.3, 0.4) is 0 Å². The number of amides is 1.